The van der Waals surface area contributed by atoms with Crippen molar-refractivity contribution >= 4 is 21.6 Å². The van der Waals surface area contributed by atoms with E-state index in [0.29, 0.717) is 28.7 Å². The van der Waals surface area contributed by atoms with Gasteiger partial charge in [0.1, 0.15) is 0 Å². The first kappa shape index (κ1) is 20.4. The van der Waals surface area contributed by atoms with Crippen molar-refractivity contribution in [3.05, 3.63) is 59.2 Å². The average Bonchev–Trinajstić information content (AvgIpc) is 2.62. The molecule has 0 saturated carbocycles. The largest absolute Gasteiger partial charge is 0.338 e. The molecule has 0 spiro atoms. The number of rotatable bonds is 4. The molecule has 150 valence electrons. The van der Waals surface area contributed by atoms with Gasteiger partial charge in [-0.2, -0.15) is 0 Å². The molecule has 1 saturated heterocycles. The van der Waals surface area contributed by atoms with Crippen molar-refractivity contribution in [3.8, 4) is 0 Å². The minimum Gasteiger partial charge on any atom is -0.338 e. The van der Waals surface area contributed by atoms with Crippen molar-refractivity contribution in [2.75, 3.05) is 17.8 Å². The number of carbonyl (C=O) groups is 1. The van der Waals surface area contributed by atoms with E-state index in [-0.39, 0.29) is 10.8 Å². The summed E-state index contributed by atoms with van der Waals surface area (Å²) in [6.07, 6.45) is 1.14. The molecule has 1 N–H and O–H groups in total. The van der Waals surface area contributed by atoms with Crippen LogP contribution in [-0.4, -0.2) is 32.3 Å². The van der Waals surface area contributed by atoms with Crippen LogP contribution in [0.5, 0.6) is 0 Å². The molecule has 0 bridgehead atoms. The molecule has 28 heavy (non-hydrogen) atoms. The fraction of sp³-hybridized carbons (Fsp3) is 0.409. The topological polar surface area (TPSA) is 66.5 Å². The van der Waals surface area contributed by atoms with E-state index >= 15 is 0 Å². The van der Waals surface area contributed by atoms with Crippen LogP contribution in [0.3, 0.4) is 0 Å². The monoisotopic (exact) mass is 400 g/mol. The summed E-state index contributed by atoms with van der Waals surface area (Å²) in [5, 5.41) is 0. The van der Waals surface area contributed by atoms with Crippen molar-refractivity contribution in [1.82, 2.24) is 4.90 Å². The van der Waals surface area contributed by atoms with Crippen LogP contribution in [0.15, 0.2) is 47.4 Å². The lowest BCUT2D eigenvalue weighted by molar-refractivity contribution is 0.0623. The Kier molecular flexibility index (Phi) is 5.79. The van der Waals surface area contributed by atoms with Gasteiger partial charge in [-0.05, 0) is 73.6 Å². The third-order valence-corrected chi connectivity index (χ3v) is 6.70. The Morgan fingerprint density at radius 2 is 1.61 bits per heavy atom. The predicted octanol–water partition coefficient (Wildman–Crippen LogP) is 4.22. The number of likely N-dealkylation sites (tertiary alicyclic amines) is 1. The van der Waals surface area contributed by atoms with E-state index in [4.69, 9.17) is 0 Å². The van der Waals surface area contributed by atoms with Crippen LogP contribution in [0, 0.1) is 25.7 Å². The SMILES string of the molecule is Cc1ccc(C)c(S(=O)(=O)Nc2ccc(C(=O)N3C[C@H](C)C[C@@H](C)C3)cc2)c1. The molecular formula is C22H28N2O3S. The van der Waals surface area contributed by atoms with E-state index in [1.54, 1.807) is 43.3 Å². The molecule has 3 rings (SSSR count). The van der Waals surface area contributed by atoms with Crippen LogP contribution in [-0.2, 0) is 10.0 Å². The van der Waals surface area contributed by atoms with Crippen LogP contribution in [0.2, 0.25) is 0 Å². The molecule has 1 aliphatic heterocycles. The summed E-state index contributed by atoms with van der Waals surface area (Å²) in [5.74, 6) is 0.995. The van der Waals surface area contributed by atoms with Crippen LogP contribution >= 0.6 is 0 Å². The number of sulfonamides is 1. The Morgan fingerprint density at radius 1 is 1.00 bits per heavy atom. The van der Waals surface area contributed by atoms with Gasteiger partial charge in [0.2, 0.25) is 0 Å². The predicted molar refractivity (Wildman–Crippen MR) is 112 cm³/mol. The Bertz CT molecular complexity index is 958. The van der Waals surface area contributed by atoms with E-state index in [1.165, 1.54) is 0 Å². The fourth-order valence-electron chi connectivity index (χ4n) is 3.90. The van der Waals surface area contributed by atoms with Gasteiger partial charge in [-0.25, -0.2) is 8.42 Å². The lowest BCUT2D eigenvalue weighted by Crippen LogP contribution is -2.42. The molecule has 0 aromatic heterocycles. The number of benzene rings is 2. The molecule has 0 radical (unpaired) electrons. The zero-order valence-corrected chi connectivity index (χ0v) is 17.7. The molecule has 0 unspecified atom stereocenters. The zero-order chi connectivity index (χ0) is 20.5. The third-order valence-electron chi connectivity index (χ3n) is 5.17. The minimum absolute atomic E-state index is 0.00216. The Balaban J connectivity index is 1.75. The number of hydrogen-bond donors (Lipinski definition) is 1. The summed E-state index contributed by atoms with van der Waals surface area (Å²) in [4.78, 5) is 14.9. The van der Waals surface area contributed by atoms with Gasteiger partial charge in [-0.3, -0.25) is 9.52 Å². The summed E-state index contributed by atoms with van der Waals surface area (Å²) < 4.78 is 28.1. The van der Waals surface area contributed by atoms with E-state index in [1.807, 2.05) is 17.9 Å². The Hall–Kier alpha value is -2.34. The quantitative estimate of drug-likeness (QED) is 0.835. The van der Waals surface area contributed by atoms with Gasteiger partial charge in [0.05, 0.1) is 4.90 Å². The first-order chi connectivity index (χ1) is 13.2. The van der Waals surface area contributed by atoms with Crippen molar-refractivity contribution in [2.24, 2.45) is 11.8 Å². The summed E-state index contributed by atoms with van der Waals surface area (Å²) in [7, 11) is -3.68. The number of amides is 1. The number of carbonyl (C=O) groups excluding carboxylic acids is 1. The summed E-state index contributed by atoms with van der Waals surface area (Å²) in [6.45, 7) is 9.51. The first-order valence-electron chi connectivity index (χ1n) is 9.65. The van der Waals surface area contributed by atoms with E-state index in [0.717, 1.165) is 25.1 Å². The van der Waals surface area contributed by atoms with Gasteiger partial charge in [-0.15, -0.1) is 0 Å². The van der Waals surface area contributed by atoms with Crippen molar-refractivity contribution < 1.29 is 13.2 Å². The fourth-order valence-corrected chi connectivity index (χ4v) is 5.29. The van der Waals surface area contributed by atoms with Gasteiger partial charge >= 0.3 is 0 Å². The third kappa shape index (κ3) is 4.55. The molecule has 2 atom stereocenters. The number of nitrogens with zero attached hydrogens (tertiary/aromatic N) is 1. The van der Waals surface area contributed by atoms with Crippen molar-refractivity contribution in [3.63, 3.8) is 0 Å². The second-order valence-corrected chi connectivity index (χ2v) is 9.76. The number of hydrogen-bond acceptors (Lipinski definition) is 3. The molecule has 1 heterocycles. The van der Waals surface area contributed by atoms with E-state index in [9.17, 15) is 13.2 Å². The van der Waals surface area contributed by atoms with Crippen LogP contribution in [0.4, 0.5) is 5.69 Å². The highest BCUT2D eigenvalue weighted by Gasteiger charge is 2.26. The molecule has 2 aromatic rings. The maximum atomic E-state index is 12.8. The summed E-state index contributed by atoms with van der Waals surface area (Å²) in [6, 6.07) is 12.0. The Labute approximate surface area is 167 Å². The summed E-state index contributed by atoms with van der Waals surface area (Å²) >= 11 is 0. The lowest BCUT2D eigenvalue weighted by Gasteiger charge is -2.35. The number of nitrogens with one attached hydrogen (secondary N) is 1. The van der Waals surface area contributed by atoms with Crippen LogP contribution < -0.4 is 4.72 Å². The van der Waals surface area contributed by atoms with Crippen molar-refractivity contribution in [2.45, 2.75) is 39.0 Å². The molecule has 1 aliphatic rings. The van der Waals surface area contributed by atoms with Gasteiger partial charge in [0.15, 0.2) is 0 Å². The Morgan fingerprint density at radius 3 is 2.21 bits per heavy atom. The number of anilines is 1. The molecule has 6 heteroatoms. The number of piperidine rings is 1. The van der Waals surface area contributed by atoms with Gasteiger partial charge in [0.25, 0.3) is 15.9 Å². The molecule has 5 nitrogen and oxygen atoms in total. The molecule has 0 aliphatic carbocycles. The number of aryl methyl sites for hydroxylation is 2. The summed E-state index contributed by atoms with van der Waals surface area (Å²) in [5.41, 5.74) is 2.60. The highest BCUT2D eigenvalue weighted by molar-refractivity contribution is 7.92. The van der Waals surface area contributed by atoms with E-state index in [2.05, 4.69) is 18.6 Å². The highest BCUT2D eigenvalue weighted by Crippen LogP contribution is 2.24. The average molecular weight is 401 g/mol. The second-order valence-electron chi connectivity index (χ2n) is 8.11. The first-order valence-corrected chi connectivity index (χ1v) is 11.1. The molecule has 1 amide bonds. The minimum atomic E-state index is -3.68. The van der Waals surface area contributed by atoms with Crippen molar-refractivity contribution in [1.29, 1.82) is 0 Å². The standard InChI is InChI=1S/C22H28N2O3S/c1-15-5-6-18(4)21(12-15)28(26,27)23-20-9-7-19(8-10-20)22(25)24-13-16(2)11-17(3)14-24/h5-10,12,16-17,23H,11,13-14H2,1-4H3/t16-,17-/m1/s1. The second kappa shape index (κ2) is 7.95. The molecule has 1 fully saturated rings. The van der Waals surface area contributed by atoms with Crippen LogP contribution in [0.25, 0.3) is 0 Å². The normalized spacial score (nSPS) is 20.1. The maximum absolute atomic E-state index is 12.8. The lowest BCUT2D eigenvalue weighted by atomic mass is 9.91. The van der Waals surface area contributed by atoms with Crippen LogP contribution in [0.1, 0.15) is 41.8 Å². The van der Waals surface area contributed by atoms with Gasteiger partial charge < -0.3 is 4.90 Å². The zero-order valence-electron chi connectivity index (χ0n) is 16.9. The van der Waals surface area contributed by atoms with Gasteiger partial charge in [-0.1, -0.05) is 26.0 Å². The van der Waals surface area contributed by atoms with E-state index < -0.39 is 10.0 Å². The smallest absolute Gasteiger partial charge is 0.262 e. The van der Waals surface area contributed by atoms with Gasteiger partial charge in [0, 0.05) is 24.3 Å². The molecule has 2 aromatic carbocycles. The molecular weight excluding hydrogens is 372 g/mol. The highest BCUT2D eigenvalue weighted by atomic mass is 32.2. The maximum Gasteiger partial charge on any atom is 0.262 e.